The normalized spacial score (nSPS) is 18.4. The number of rotatable bonds is 10. The van der Waals surface area contributed by atoms with Gasteiger partial charge in [0.25, 0.3) is 0 Å². The number of carbonyl (C=O) groups excluding carboxylic acids is 2. The van der Waals surface area contributed by atoms with Crippen molar-refractivity contribution in [3.05, 3.63) is 42.2 Å². The van der Waals surface area contributed by atoms with Crippen molar-refractivity contribution in [1.82, 2.24) is 10.2 Å². The molecule has 1 fully saturated rings. The third kappa shape index (κ3) is 6.70. The van der Waals surface area contributed by atoms with Crippen molar-refractivity contribution in [2.75, 3.05) is 46.1 Å². The van der Waals surface area contributed by atoms with E-state index in [4.69, 9.17) is 14.2 Å². The number of hydrogen-bond acceptors (Lipinski definition) is 5. The molecule has 2 rings (SSSR count). The van der Waals surface area contributed by atoms with Crippen LogP contribution >= 0.6 is 0 Å². The van der Waals surface area contributed by atoms with Gasteiger partial charge in [0.2, 0.25) is 5.91 Å². The van der Waals surface area contributed by atoms with Gasteiger partial charge in [0.05, 0.1) is 19.8 Å². The Hall–Kier alpha value is -2.68. The summed E-state index contributed by atoms with van der Waals surface area (Å²) in [4.78, 5) is 24.9. The molecule has 29 heavy (non-hydrogen) atoms. The quantitative estimate of drug-likeness (QED) is 0.472. The molecule has 1 aromatic rings. The molecule has 160 valence electrons. The van der Waals surface area contributed by atoms with Gasteiger partial charge in [-0.25, -0.2) is 13.6 Å². The third-order valence-electron chi connectivity index (χ3n) is 4.51. The fourth-order valence-electron chi connectivity index (χ4n) is 2.88. The second-order valence-electron chi connectivity index (χ2n) is 6.72. The van der Waals surface area contributed by atoms with Crippen molar-refractivity contribution >= 4 is 12.0 Å². The molecule has 1 unspecified atom stereocenters. The van der Waals surface area contributed by atoms with E-state index in [0.29, 0.717) is 12.3 Å². The number of ether oxygens (including phenoxy) is 3. The molecule has 1 aliphatic rings. The van der Waals surface area contributed by atoms with Crippen LogP contribution in [-0.4, -0.2) is 68.6 Å². The van der Waals surface area contributed by atoms with Crippen LogP contribution < -0.4 is 10.1 Å². The average Bonchev–Trinajstić information content (AvgIpc) is 3.13. The van der Waals surface area contributed by atoms with Gasteiger partial charge in [-0.15, -0.1) is 0 Å². The number of alkyl carbamates (subject to hydrolysis) is 1. The van der Waals surface area contributed by atoms with Crippen LogP contribution in [0.2, 0.25) is 0 Å². The molecule has 0 aromatic heterocycles. The zero-order valence-electron chi connectivity index (χ0n) is 16.4. The highest BCUT2D eigenvalue weighted by Crippen LogP contribution is 2.26. The zero-order chi connectivity index (χ0) is 21.3. The summed E-state index contributed by atoms with van der Waals surface area (Å²) < 4.78 is 42.6. The molecule has 0 aliphatic carbocycles. The molecule has 1 heterocycles. The third-order valence-corrected chi connectivity index (χ3v) is 4.51. The van der Waals surface area contributed by atoms with Gasteiger partial charge < -0.3 is 24.4 Å². The lowest BCUT2D eigenvalue weighted by atomic mass is 10.1. The number of nitrogens with one attached hydrogen (secondary N) is 1. The standard InChI is InChI=1S/C20H26F2N2O5/c1-3-18(25)24-8-6-20(13-21,14-24)29-19(26)23-7-9-27-10-11-28-17-12-16(22)5-4-15(17)2/h3-5,12H,1,6-11,13-14H2,2H3,(H,23,26). The molecule has 0 saturated carbocycles. The summed E-state index contributed by atoms with van der Waals surface area (Å²) in [5.41, 5.74) is -0.516. The minimum Gasteiger partial charge on any atom is -0.491 e. The number of amides is 2. The van der Waals surface area contributed by atoms with Crippen LogP contribution in [0.25, 0.3) is 0 Å². The van der Waals surface area contributed by atoms with Crippen LogP contribution in [0.4, 0.5) is 13.6 Å². The largest absolute Gasteiger partial charge is 0.491 e. The van der Waals surface area contributed by atoms with Gasteiger partial charge in [-0.05, 0) is 24.6 Å². The summed E-state index contributed by atoms with van der Waals surface area (Å²) in [6, 6.07) is 4.29. The molecule has 0 spiro atoms. The number of benzene rings is 1. The Labute approximate surface area is 168 Å². The van der Waals surface area contributed by atoms with E-state index in [1.54, 1.807) is 6.07 Å². The first kappa shape index (κ1) is 22.6. The Kier molecular flexibility index (Phi) is 8.38. The summed E-state index contributed by atoms with van der Waals surface area (Å²) in [7, 11) is 0. The summed E-state index contributed by atoms with van der Waals surface area (Å²) >= 11 is 0. The molecule has 1 atom stereocenters. The van der Waals surface area contributed by atoms with Gasteiger partial charge in [-0.1, -0.05) is 12.6 Å². The highest BCUT2D eigenvalue weighted by molar-refractivity contribution is 5.87. The molecule has 2 amide bonds. The summed E-state index contributed by atoms with van der Waals surface area (Å²) in [5.74, 6) is -0.250. The topological polar surface area (TPSA) is 77.1 Å². The summed E-state index contributed by atoms with van der Waals surface area (Å²) in [6.45, 7) is 5.46. The van der Waals surface area contributed by atoms with E-state index < -0.39 is 18.4 Å². The van der Waals surface area contributed by atoms with Crippen molar-refractivity contribution in [2.24, 2.45) is 0 Å². The Morgan fingerprint density at radius 3 is 2.86 bits per heavy atom. The first-order valence-corrected chi connectivity index (χ1v) is 9.30. The Morgan fingerprint density at radius 1 is 1.34 bits per heavy atom. The number of hydrogen-bond donors (Lipinski definition) is 1. The van der Waals surface area contributed by atoms with Crippen LogP contribution in [0.5, 0.6) is 5.75 Å². The predicted octanol–water partition coefficient (Wildman–Crippen LogP) is 2.38. The maximum atomic E-state index is 13.4. The van der Waals surface area contributed by atoms with Crippen LogP contribution in [0.15, 0.2) is 30.9 Å². The smallest absolute Gasteiger partial charge is 0.407 e. The van der Waals surface area contributed by atoms with Gasteiger partial charge in [0.1, 0.15) is 24.8 Å². The second-order valence-corrected chi connectivity index (χ2v) is 6.72. The lowest BCUT2D eigenvalue weighted by molar-refractivity contribution is -0.126. The number of halogens is 2. The van der Waals surface area contributed by atoms with Crippen LogP contribution in [0, 0.1) is 12.7 Å². The van der Waals surface area contributed by atoms with Gasteiger partial charge in [-0.3, -0.25) is 4.79 Å². The fourth-order valence-corrected chi connectivity index (χ4v) is 2.88. The molecular formula is C20H26F2N2O5. The van der Waals surface area contributed by atoms with Crippen LogP contribution in [-0.2, 0) is 14.3 Å². The minimum atomic E-state index is -1.33. The maximum Gasteiger partial charge on any atom is 0.407 e. The molecule has 1 N–H and O–H groups in total. The van der Waals surface area contributed by atoms with Crippen molar-refractivity contribution < 1.29 is 32.6 Å². The van der Waals surface area contributed by atoms with Crippen molar-refractivity contribution in [3.63, 3.8) is 0 Å². The van der Waals surface area contributed by atoms with Gasteiger partial charge >= 0.3 is 6.09 Å². The Bertz CT molecular complexity index is 731. The predicted molar refractivity (Wildman–Crippen MR) is 102 cm³/mol. The lowest BCUT2D eigenvalue weighted by Gasteiger charge is -2.26. The van der Waals surface area contributed by atoms with E-state index in [1.165, 1.54) is 17.0 Å². The van der Waals surface area contributed by atoms with Crippen molar-refractivity contribution in [1.29, 1.82) is 0 Å². The molecule has 1 aliphatic heterocycles. The van der Waals surface area contributed by atoms with Gasteiger partial charge in [0.15, 0.2) is 5.60 Å². The number of nitrogens with zero attached hydrogens (tertiary/aromatic N) is 1. The summed E-state index contributed by atoms with van der Waals surface area (Å²) in [5, 5.41) is 2.49. The maximum absolute atomic E-state index is 13.4. The number of alkyl halides is 1. The molecule has 1 saturated heterocycles. The van der Waals surface area contributed by atoms with Crippen molar-refractivity contribution in [2.45, 2.75) is 18.9 Å². The number of aryl methyl sites for hydroxylation is 1. The summed E-state index contributed by atoms with van der Waals surface area (Å²) in [6.07, 6.45) is 0.597. The fraction of sp³-hybridized carbons (Fsp3) is 0.500. The molecule has 0 bridgehead atoms. The zero-order valence-corrected chi connectivity index (χ0v) is 16.4. The lowest BCUT2D eigenvalue weighted by Crippen LogP contribution is -2.44. The van der Waals surface area contributed by atoms with Crippen LogP contribution in [0.1, 0.15) is 12.0 Å². The van der Waals surface area contributed by atoms with Crippen LogP contribution in [0.3, 0.4) is 0 Å². The molecular weight excluding hydrogens is 386 g/mol. The Balaban J connectivity index is 1.61. The number of carbonyl (C=O) groups is 2. The van der Waals surface area contributed by atoms with Gasteiger partial charge in [-0.2, -0.15) is 0 Å². The SMILES string of the molecule is C=CC(=O)N1CCC(CF)(OC(=O)NCCOCCOc2cc(F)ccc2C)C1. The average molecular weight is 412 g/mol. The highest BCUT2D eigenvalue weighted by atomic mass is 19.1. The van der Waals surface area contributed by atoms with Gasteiger partial charge in [0, 0.05) is 25.6 Å². The highest BCUT2D eigenvalue weighted by Gasteiger charge is 2.43. The molecule has 9 heteroatoms. The first-order valence-electron chi connectivity index (χ1n) is 9.30. The minimum absolute atomic E-state index is 0.00485. The van der Waals surface area contributed by atoms with E-state index in [-0.39, 0.29) is 51.1 Å². The van der Waals surface area contributed by atoms with E-state index >= 15 is 0 Å². The Morgan fingerprint density at radius 2 is 2.14 bits per heavy atom. The molecule has 1 aromatic carbocycles. The first-order chi connectivity index (χ1) is 13.9. The van der Waals surface area contributed by atoms with E-state index in [9.17, 15) is 18.4 Å². The number of likely N-dealkylation sites (tertiary alicyclic amines) is 1. The second kappa shape index (κ2) is 10.8. The van der Waals surface area contributed by atoms with E-state index in [0.717, 1.165) is 11.6 Å². The molecule has 7 nitrogen and oxygen atoms in total. The molecule has 0 radical (unpaired) electrons. The van der Waals surface area contributed by atoms with E-state index in [1.807, 2.05) is 6.92 Å². The van der Waals surface area contributed by atoms with E-state index in [2.05, 4.69) is 11.9 Å². The monoisotopic (exact) mass is 412 g/mol. The van der Waals surface area contributed by atoms with Crippen molar-refractivity contribution in [3.8, 4) is 5.75 Å².